The van der Waals surface area contributed by atoms with Gasteiger partial charge in [0.1, 0.15) is 0 Å². The highest BCUT2D eigenvalue weighted by Crippen LogP contribution is 2.22. The maximum absolute atomic E-state index is 10.9. The molecule has 68 valence electrons. The Labute approximate surface area is 71.0 Å². The predicted molar refractivity (Wildman–Crippen MR) is 42.6 cm³/mol. The topological polar surface area (TPSA) is 66.4 Å². The second-order valence-electron chi connectivity index (χ2n) is 3.14. The van der Waals surface area contributed by atoms with Gasteiger partial charge in [-0.2, -0.15) is 0 Å². The van der Waals surface area contributed by atoms with Gasteiger partial charge in [0.05, 0.1) is 6.42 Å². The van der Waals surface area contributed by atoms with Gasteiger partial charge in [0.25, 0.3) is 0 Å². The summed E-state index contributed by atoms with van der Waals surface area (Å²) in [6.07, 6.45) is 1.27. The lowest BCUT2D eigenvalue weighted by molar-refractivity contribution is -0.138. The minimum Gasteiger partial charge on any atom is -0.481 e. The van der Waals surface area contributed by atoms with E-state index in [0.717, 1.165) is 6.42 Å². The van der Waals surface area contributed by atoms with Crippen molar-refractivity contribution in [2.75, 3.05) is 0 Å². The quantitative estimate of drug-likeness (QED) is 0.645. The molecule has 1 aliphatic rings. The minimum atomic E-state index is -0.824. The molecule has 1 saturated heterocycles. The van der Waals surface area contributed by atoms with Gasteiger partial charge in [0.15, 0.2) is 0 Å². The Morgan fingerprint density at radius 1 is 1.75 bits per heavy atom. The van der Waals surface area contributed by atoms with Crippen LogP contribution in [0, 0.1) is 5.92 Å². The van der Waals surface area contributed by atoms with E-state index in [0.29, 0.717) is 6.42 Å². The number of amides is 1. The monoisotopic (exact) mass is 171 g/mol. The van der Waals surface area contributed by atoms with E-state index in [4.69, 9.17) is 5.11 Å². The van der Waals surface area contributed by atoms with Crippen LogP contribution in [0.25, 0.3) is 0 Å². The highest BCUT2D eigenvalue weighted by atomic mass is 16.4. The minimum absolute atomic E-state index is 0.0139. The van der Waals surface area contributed by atoms with Crippen molar-refractivity contribution in [3.63, 3.8) is 0 Å². The predicted octanol–water partition coefficient (Wildman–Crippen LogP) is 0.376. The molecule has 1 fully saturated rings. The van der Waals surface area contributed by atoms with Gasteiger partial charge in [-0.15, -0.1) is 0 Å². The number of carboxylic acid groups (broad SMARTS) is 1. The molecule has 0 unspecified atom stereocenters. The summed E-state index contributed by atoms with van der Waals surface area (Å²) in [7, 11) is 0. The second kappa shape index (κ2) is 3.56. The van der Waals surface area contributed by atoms with Gasteiger partial charge in [-0.1, -0.05) is 6.92 Å². The fraction of sp³-hybridized carbons (Fsp3) is 0.750. The summed E-state index contributed by atoms with van der Waals surface area (Å²) < 4.78 is 0. The third kappa shape index (κ3) is 1.96. The molecule has 1 aliphatic heterocycles. The lowest BCUT2D eigenvalue weighted by Gasteiger charge is -2.13. The normalized spacial score (nSPS) is 28.6. The Balaban J connectivity index is 2.51. The van der Waals surface area contributed by atoms with Crippen LogP contribution in [0.1, 0.15) is 26.2 Å². The van der Waals surface area contributed by atoms with Crippen molar-refractivity contribution < 1.29 is 14.7 Å². The molecule has 1 heterocycles. The number of carboxylic acids is 1. The Kier molecular flexibility index (Phi) is 2.68. The summed E-state index contributed by atoms with van der Waals surface area (Å²) in [5.74, 6) is -0.858. The first-order valence-electron chi connectivity index (χ1n) is 4.14. The van der Waals surface area contributed by atoms with Gasteiger partial charge in [-0.05, 0) is 12.3 Å². The average Bonchev–Trinajstić information content (AvgIpc) is 2.29. The summed E-state index contributed by atoms with van der Waals surface area (Å²) in [4.78, 5) is 21.3. The number of rotatable bonds is 3. The van der Waals surface area contributed by atoms with Crippen LogP contribution in [0.2, 0.25) is 0 Å². The van der Waals surface area contributed by atoms with Gasteiger partial charge in [0, 0.05) is 12.5 Å². The van der Waals surface area contributed by atoms with Crippen molar-refractivity contribution in [2.45, 2.75) is 32.2 Å². The standard InChI is InChI=1S/C8H13NO3/c1-2-6-5(4-8(11)12)3-7(10)9-6/h5-6H,2-4H2,1H3,(H,9,10)(H,11,12)/t5-,6-/m1/s1. The number of carbonyl (C=O) groups excluding carboxylic acids is 1. The van der Waals surface area contributed by atoms with Gasteiger partial charge < -0.3 is 10.4 Å². The molecule has 0 aromatic carbocycles. The third-order valence-electron chi connectivity index (χ3n) is 2.24. The first-order chi connectivity index (χ1) is 5.63. The summed E-state index contributed by atoms with van der Waals surface area (Å²) in [6, 6.07) is 0.0635. The SMILES string of the molecule is CC[C@H]1NC(=O)C[C@@H]1CC(=O)O. The summed E-state index contributed by atoms with van der Waals surface area (Å²) in [6.45, 7) is 1.95. The summed E-state index contributed by atoms with van der Waals surface area (Å²) in [5, 5.41) is 11.3. The van der Waals surface area contributed by atoms with Crippen LogP contribution in [0.5, 0.6) is 0 Å². The summed E-state index contributed by atoms with van der Waals surface area (Å²) >= 11 is 0. The van der Waals surface area contributed by atoms with Gasteiger partial charge in [0.2, 0.25) is 5.91 Å². The molecule has 0 aromatic heterocycles. The molecule has 4 nitrogen and oxygen atoms in total. The number of hydrogen-bond donors (Lipinski definition) is 2. The number of aliphatic carboxylic acids is 1. The van der Waals surface area contributed by atoms with Crippen LogP contribution in [0.15, 0.2) is 0 Å². The molecule has 0 radical (unpaired) electrons. The third-order valence-corrected chi connectivity index (χ3v) is 2.24. The average molecular weight is 171 g/mol. The van der Waals surface area contributed by atoms with Gasteiger partial charge >= 0.3 is 5.97 Å². The second-order valence-corrected chi connectivity index (χ2v) is 3.14. The Morgan fingerprint density at radius 3 is 2.92 bits per heavy atom. The number of carbonyl (C=O) groups is 2. The molecule has 0 spiro atoms. The number of hydrogen-bond acceptors (Lipinski definition) is 2. The molecule has 12 heavy (non-hydrogen) atoms. The highest BCUT2D eigenvalue weighted by molar-refractivity contribution is 5.80. The van der Waals surface area contributed by atoms with Crippen LogP contribution < -0.4 is 5.32 Å². The first-order valence-corrected chi connectivity index (χ1v) is 4.14. The van der Waals surface area contributed by atoms with Crippen molar-refractivity contribution >= 4 is 11.9 Å². The zero-order chi connectivity index (χ0) is 9.14. The molecule has 0 aliphatic carbocycles. The van der Waals surface area contributed by atoms with E-state index in [1.54, 1.807) is 0 Å². The molecule has 1 amide bonds. The Bertz CT molecular complexity index is 202. The van der Waals surface area contributed by atoms with E-state index >= 15 is 0 Å². The van der Waals surface area contributed by atoms with Crippen molar-refractivity contribution in [1.29, 1.82) is 0 Å². The Hall–Kier alpha value is -1.06. The number of nitrogens with one attached hydrogen (secondary N) is 1. The van der Waals surface area contributed by atoms with Crippen LogP contribution in [-0.4, -0.2) is 23.0 Å². The fourth-order valence-corrected chi connectivity index (χ4v) is 1.64. The molecular weight excluding hydrogens is 158 g/mol. The van der Waals surface area contributed by atoms with E-state index < -0.39 is 5.97 Å². The van der Waals surface area contributed by atoms with Gasteiger partial charge in [-0.3, -0.25) is 9.59 Å². The fourth-order valence-electron chi connectivity index (χ4n) is 1.64. The van der Waals surface area contributed by atoms with Crippen molar-refractivity contribution in [3.8, 4) is 0 Å². The molecular formula is C8H13NO3. The molecule has 0 saturated carbocycles. The molecule has 2 atom stereocenters. The van der Waals surface area contributed by atoms with Crippen molar-refractivity contribution in [3.05, 3.63) is 0 Å². The highest BCUT2D eigenvalue weighted by Gasteiger charge is 2.32. The lowest BCUT2D eigenvalue weighted by atomic mass is 9.95. The lowest BCUT2D eigenvalue weighted by Crippen LogP contribution is -2.28. The van der Waals surface area contributed by atoms with Crippen molar-refractivity contribution in [2.24, 2.45) is 5.92 Å². The maximum Gasteiger partial charge on any atom is 0.303 e. The first kappa shape index (κ1) is 9.03. The molecule has 0 bridgehead atoms. The van der Waals surface area contributed by atoms with E-state index in [1.807, 2.05) is 6.92 Å². The smallest absolute Gasteiger partial charge is 0.303 e. The van der Waals surface area contributed by atoms with E-state index in [1.165, 1.54) is 0 Å². The van der Waals surface area contributed by atoms with Crippen LogP contribution in [0.3, 0.4) is 0 Å². The van der Waals surface area contributed by atoms with Crippen LogP contribution in [-0.2, 0) is 9.59 Å². The molecule has 4 heteroatoms. The van der Waals surface area contributed by atoms with E-state index in [9.17, 15) is 9.59 Å². The molecule has 0 aromatic rings. The largest absolute Gasteiger partial charge is 0.481 e. The van der Waals surface area contributed by atoms with Crippen LogP contribution in [0.4, 0.5) is 0 Å². The summed E-state index contributed by atoms with van der Waals surface area (Å²) in [5.41, 5.74) is 0. The maximum atomic E-state index is 10.9. The zero-order valence-electron chi connectivity index (χ0n) is 7.04. The molecule has 1 rings (SSSR count). The van der Waals surface area contributed by atoms with Gasteiger partial charge in [-0.25, -0.2) is 0 Å². The van der Waals surface area contributed by atoms with Crippen LogP contribution >= 0.6 is 0 Å². The Morgan fingerprint density at radius 2 is 2.42 bits per heavy atom. The van der Waals surface area contributed by atoms with E-state index in [2.05, 4.69) is 5.32 Å². The molecule has 2 N–H and O–H groups in total. The van der Waals surface area contributed by atoms with Crippen molar-refractivity contribution in [1.82, 2.24) is 5.32 Å². The zero-order valence-corrected chi connectivity index (χ0v) is 7.04. The van der Waals surface area contributed by atoms with E-state index in [-0.39, 0.29) is 24.3 Å².